The molecular formula is C9H7BrN2S2. The average Bonchev–Trinajstić information content (AvgIpc) is 2.48. The Balaban J connectivity index is 2.59. The van der Waals surface area contributed by atoms with Crippen molar-refractivity contribution in [3.8, 4) is 0 Å². The molecule has 2 rings (SSSR count). The molecule has 0 unspecified atom stereocenters. The van der Waals surface area contributed by atoms with E-state index in [0.717, 1.165) is 24.9 Å². The zero-order valence-electron chi connectivity index (χ0n) is 7.45. The topological polar surface area (TPSA) is 25.8 Å². The summed E-state index contributed by atoms with van der Waals surface area (Å²) in [4.78, 5) is 8.77. The highest BCUT2D eigenvalue weighted by Crippen LogP contribution is 2.31. The molecule has 2 nitrogen and oxygen atoms in total. The molecule has 5 heteroatoms. The van der Waals surface area contributed by atoms with E-state index in [1.54, 1.807) is 16.7 Å². The van der Waals surface area contributed by atoms with E-state index in [9.17, 15) is 0 Å². The number of aromatic nitrogens is 2. The number of pyridine rings is 1. The zero-order chi connectivity index (χ0) is 10.1. The van der Waals surface area contributed by atoms with Gasteiger partial charge in [0.15, 0.2) is 9.99 Å². The van der Waals surface area contributed by atoms with Gasteiger partial charge in [-0.25, -0.2) is 9.97 Å². The SMILES string of the molecule is C=CSc1nc2nc(C)c(Br)cc2s1. The van der Waals surface area contributed by atoms with Crippen LogP contribution in [0.5, 0.6) is 0 Å². The molecule has 0 spiro atoms. The van der Waals surface area contributed by atoms with E-state index in [2.05, 4.69) is 38.5 Å². The first-order chi connectivity index (χ1) is 6.70. The zero-order valence-corrected chi connectivity index (χ0v) is 10.7. The fourth-order valence-electron chi connectivity index (χ4n) is 1.03. The van der Waals surface area contributed by atoms with Gasteiger partial charge in [-0.2, -0.15) is 0 Å². The first-order valence-corrected chi connectivity index (χ1v) is 6.41. The minimum absolute atomic E-state index is 0.819. The van der Waals surface area contributed by atoms with Crippen LogP contribution in [0.25, 0.3) is 10.3 Å². The van der Waals surface area contributed by atoms with Crippen molar-refractivity contribution in [2.45, 2.75) is 11.3 Å². The molecule has 0 bridgehead atoms. The van der Waals surface area contributed by atoms with Gasteiger partial charge in [-0.15, -0.1) is 11.3 Å². The van der Waals surface area contributed by atoms with Gasteiger partial charge in [-0.05, 0) is 34.3 Å². The molecule has 0 aliphatic carbocycles. The molecule has 0 aliphatic heterocycles. The van der Waals surface area contributed by atoms with Crippen LogP contribution in [0.2, 0.25) is 0 Å². The molecule has 0 aromatic carbocycles. The molecule has 0 N–H and O–H groups in total. The lowest BCUT2D eigenvalue weighted by molar-refractivity contribution is 1.17. The van der Waals surface area contributed by atoms with Crippen LogP contribution in [0.4, 0.5) is 0 Å². The molecule has 0 amide bonds. The maximum atomic E-state index is 4.38. The second kappa shape index (κ2) is 4.00. The number of fused-ring (bicyclic) bond motifs is 1. The van der Waals surface area contributed by atoms with Crippen LogP contribution >= 0.6 is 39.0 Å². The van der Waals surface area contributed by atoms with Gasteiger partial charge in [0.05, 0.1) is 10.4 Å². The lowest BCUT2D eigenvalue weighted by Gasteiger charge is -1.94. The van der Waals surface area contributed by atoms with Crippen molar-refractivity contribution < 1.29 is 0 Å². The molecule has 2 aromatic heterocycles. The molecule has 0 aliphatic rings. The predicted octanol–water partition coefficient (Wildman–Crippen LogP) is 4.00. The van der Waals surface area contributed by atoms with E-state index >= 15 is 0 Å². The predicted molar refractivity (Wildman–Crippen MR) is 65.9 cm³/mol. The van der Waals surface area contributed by atoms with Gasteiger partial charge in [0, 0.05) is 4.47 Å². The van der Waals surface area contributed by atoms with Gasteiger partial charge in [-0.3, -0.25) is 0 Å². The van der Waals surface area contributed by atoms with Crippen molar-refractivity contribution in [1.29, 1.82) is 0 Å². The minimum atomic E-state index is 0.819. The van der Waals surface area contributed by atoms with Crippen molar-refractivity contribution in [1.82, 2.24) is 9.97 Å². The highest BCUT2D eigenvalue weighted by Gasteiger charge is 2.06. The number of aryl methyl sites for hydroxylation is 1. The molecule has 0 saturated heterocycles. The average molecular weight is 287 g/mol. The monoisotopic (exact) mass is 286 g/mol. The first kappa shape index (κ1) is 10.1. The number of hydrogen-bond donors (Lipinski definition) is 0. The summed E-state index contributed by atoms with van der Waals surface area (Å²) in [5, 5.41) is 1.78. The summed E-state index contributed by atoms with van der Waals surface area (Å²) in [6.07, 6.45) is 0. The van der Waals surface area contributed by atoms with Crippen molar-refractivity contribution in [2.75, 3.05) is 0 Å². The third kappa shape index (κ3) is 1.85. The quantitative estimate of drug-likeness (QED) is 0.781. The molecule has 72 valence electrons. The normalized spacial score (nSPS) is 10.7. The Morgan fingerprint density at radius 2 is 2.36 bits per heavy atom. The van der Waals surface area contributed by atoms with Crippen molar-refractivity contribution in [2.24, 2.45) is 0 Å². The standard InChI is InChI=1S/C9H7BrN2S2/c1-3-13-9-12-8-7(14-9)4-6(10)5(2)11-8/h3-4H,1H2,2H3. The fourth-order valence-corrected chi connectivity index (χ4v) is 3.13. The van der Waals surface area contributed by atoms with Gasteiger partial charge < -0.3 is 0 Å². The van der Waals surface area contributed by atoms with E-state index in [-0.39, 0.29) is 0 Å². The van der Waals surface area contributed by atoms with Gasteiger partial charge in [-0.1, -0.05) is 18.3 Å². The molecule has 0 atom stereocenters. The number of nitrogens with zero attached hydrogens (tertiary/aromatic N) is 2. The van der Waals surface area contributed by atoms with Crippen LogP contribution in [0.3, 0.4) is 0 Å². The molecule has 0 radical (unpaired) electrons. The fraction of sp³-hybridized carbons (Fsp3) is 0.111. The Kier molecular flexibility index (Phi) is 2.90. The summed E-state index contributed by atoms with van der Waals surface area (Å²) < 4.78 is 3.12. The lowest BCUT2D eigenvalue weighted by atomic mass is 10.4. The summed E-state index contributed by atoms with van der Waals surface area (Å²) >= 11 is 6.62. The van der Waals surface area contributed by atoms with Crippen molar-refractivity contribution in [3.63, 3.8) is 0 Å². The van der Waals surface area contributed by atoms with E-state index in [0.29, 0.717) is 0 Å². The van der Waals surface area contributed by atoms with Crippen LogP contribution in [0, 0.1) is 6.92 Å². The molecule has 14 heavy (non-hydrogen) atoms. The Morgan fingerprint density at radius 3 is 3.07 bits per heavy atom. The Hall–Kier alpha value is -0.390. The van der Waals surface area contributed by atoms with E-state index in [4.69, 9.17) is 0 Å². The third-order valence-corrected chi connectivity index (χ3v) is 4.26. The van der Waals surface area contributed by atoms with E-state index in [1.165, 1.54) is 11.8 Å². The second-order valence-corrected chi connectivity index (χ2v) is 5.74. The van der Waals surface area contributed by atoms with Crippen LogP contribution < -0.4 is 0 Å². The summed E-state index contributed by atoms with van der Waals surface area (Å²) in [6.45, 7) is 5.62. The summed E-state index contributed by atoms with van der Waals surface area (Å²) in [6, 6.07) is 2.06. The van der Waals surface area contributed by atoms with E-state index < -0.39 is 0 Å². The molecule has 2 heterocycles. The van der Waals surface area contributed by atoms with Gasteiger partial charge in [0.25, 0.3) is 0 Å². The summed E-state index contributed by atoms with van der Waals surface area (Å²) in [5.74, 6) is 0. The van der Waals surface area contributed by atoms with Gasteiger partial charge >= 0.3 is 0 Å². The number of hydrogen-bond acceptors (Lipinski definition) is 4. The van der Waals surface area contributed by atoms with Gasteiger partial charge in [0.2, 0.25) is 0 Å². The van der Waals surface area contributed by atoms with Crippen molar-refractivity contribution in [3.05, 3.63) is 28.2 Å². The van der Waals surface area contributed by atoms with Gasteiger partial charge in [0.1, 0.15) is 0 Å². The second-order valence-electron chi connectivity index (χ2n) is 2.64. The van der Waals surface area contributed by atoms with Crippen LogP contribution in [0.1, 0.15) is 5.69 Å². The molecular weight excluding hydrogens is 280 g/mol. The first-order valence-electron chi connectivity index (χ1n) is 3.92. The largest absolute Gasteiger partial charge is 0.231 e. The Bertz CT molecular complexity index is 454. The number of rotatable bonds is 2. The Morgan fingerprint density at radius 1 is 1.57 bits per heavy atom. The molecule has 0 fully saturated rings. The molecule has 2 aromatic rings. The smallest absolute Gasteiger partial charge is 0.171 e. The summed E-state index contributed by atoms with van der Waals surface area (Å²) in [7, 11) is 0. The van der Waals surface area contributed by atoms with E-state index in [1.807, 2.05) is 6.92 Å². The van der Waals surface area contributed by atoms with Crippen LogP contribution in [-0.4, -0.2) is 9.97 Å². The minimum Gasteiger partial charge on any atom is -0.231 e. The number of halogens is 1. The summed E-state index contributed by atoms with van der Waals surface area (Å²) in [5.41, 5.74) is 1.79. The van der Waals surface area contributed by atoms with Crippen LogP contribution in [-0.2, 0) is 0 Å². The third-order valence-electron chi connectivity index (χ3n) is 1.68. The lowest BCUT2D eigenvalue weighted by Crippen LogP contribution is -1.83. The highest BCUT2D eigenvalue weighted by molar-refractivity contribution is 9.10. The number of thioether (sulfide) groups is 1. The Labute approximate surface area is 98.6 Å². The number of thiazole rings is 1. The highest BCUT2D eigenvalue weighted by atomic mass is 79.9. The maximum Gasteiger partial charge on any atom is 0.171 e. The molecule has 0 saturated carbocycles. The van der Waals surface area contributed by atoms with Crippen molar-refractivity contribution >= 4 is 49.4 Å². The van der Waals surface area contributed by atoms with Crippen LogP contribution in [0.15, 0.2) is 26.9 Å². The maximum absolute atomic E-state index is 4.38.